The second-order valence-electron chi connectivity index (χ2n) is 2.91. The van der Waals surface area contributed by atoms with E-state index in [9.17, 15) is 0 Å². The van der Waals surface area contributed by atoms with Gasteiger partial charge in [-0.2, -0.15) is 0 Å². The molecule has 0 aliphatic carbocycles. The van der Waals surface area contributed by atoms with E-state index in [1.807, 2.05) is 0 Å². The predicted molar refractivity (Wildman–Crippen MR) is 48.9 cm³/mol. The molecule has 0 spiro atoms. The number of hydrogen-bond donors (Lipinski definition) is 1. The lowest BCUT2D eigenvalue weighted by molar-refractivity contribution is 0.213. The highest BCUT2D eigenvalue weighted by atomic mass is 35.5. The molecule has 0 radical (unpaired) electrons. The van der Waals surface area contributed by atoms with Crippen LogP contribution in [0.25, 0.3) is 0 Å². The summed E-state index contributed by atoms with van der Waals surface area (Å²) in [6.07, 6.45) is 2.63. The second kappa shape index (κ2) is 3.89. The molecule has 0 amide bonds. The molecular weight excluding hydrogens is 190 g/mol. The van der Waals surface area contributed by atoms with Gasteiger partial charge in [-0.3, -0.25) is 0 Å². The van der Waals surface area contributed by atoms with Crippen LogP contribution in [0.5, 0.6) is 5.88 Å². The Morgan fingerprint density at radius 2 is 2.46 bits per heavy atom. The molecule has 0 aromatic carbocycles. The minimum atomic E-state index is 0.214. The molecule has 1 aliphatic heterocycles. The summed E-state index contributed by atoms with van der Waals surface area (Å²) in [5, 5.41) is 3.62. The van der Waals surface area contributed by atoms with Gasteiger partial charge in [0.05, 0.1) is 0 Å². The quantitative estimate of drug-likeness (QED) is 0.719. The van der Waals surface area contributed by atoms with Crippen LogP contribution in [0.15, 0.2) is 12.4 Å². The van der Waals surface area contributed by atoms with E-state index in [-0.39, 0.29) is 6.10 Å². The molecule has 5 heteroatoms. The topological polar surface area (TPSA) is 47.0 Å². The Morgan fingerprint density at radius 1 is 1.54 bits per heavy atom. The van der Waals surface area contributed by atoms with Crippen molar-refractivity contribution in [2.24, 2.45) is 0 Å². The fourth-order valence-corrected chi connectivity index (χ4v) is 1.42. The monoisotopic (exact) mass is 199 g/mol. The second-order valence-corrected chi connectivity index (χ2v) is 3.30. The van der Waals surface area contributed by atoms with Crippen LogP contribution in [-0.2, 0) is 0 Å². The van der Waals surface area contributed by atoms with Gasteiger partial charge < -0.3 is 10.1 Å². The Labute approximate surface area is 81.3 Å². The molecule has 1 aromatic heterocycles. The average molecular weight is 200 g/mol. The van der Waals surface area contributed by atoms with E-state index in [2.05, 4.69) is 15.3 Å². The Morgan fingerprint density at radius 3 is 3.15 bits per heavy atom. The third-order valence-corrected chi connectivity index (χ3v) is 2.12. The zero-order valence-electron chi connectivity index (χ0n) is 7.03. The van der Waals surface area contributed by atoms with E-state index < -0.39 is 0 Å². The lowest BCUT2D eigenvalue weighted by Gasteiger charge is -2.10. The molecular formula is C8H10ClN3O. The zero-order valence-corrected chi connectivity index (χ0v) is 7.79. The van der Waals surface area contributed by atoms with Crippen molar-refractivity contribution >= 4 is 11.6 Å². The van der Waals surface area contributed by atoms with Crippen LogP contribution in [0.3, 0.4) is 0 Å². The van der Waals surface area contributed by atoms with Gasteiger partial charge in [0.25, 0.3) is 0 Å². The number of rotatable bonds is 2. The van der Waals surface area contributed by atoms with Gasteiger partial charge in [0.1, 0.15) is 17.6 Å². The summed E-state index contributed by atoms with van der Waals surface area (Å²) in [5.74, 6) is 0.550. The first-order valence-corrected chi connectivity index (χ1v) is 4.57. The third-order valence-electron chi connectivity index (χ3n) is 1.91. The van der Waals surface area contributed by atoms with Crippen molar-refractivity contribution in [2.45, 2.75) is 12.5 Å². The maximum atomic E-state index is 5.68. The molecule has 0 unspecified atom stereocenters. The fourth-order valence-electron chi connectivity index (χ4n) is 1.28. The van der Waals surface area contributed by atoms with Crippen molar-refractivity contribution in [3.63, 3.8) is 0 Å². The van der Waals surface area contributed by atoms with Crippen LogP contribution in [0.2, 0.25) is 5.15 Å². The minimum Gasteiger partial charge on any atom is -0.473 e. The first kappa shape index (κ1) is 8.72. The molecule has 1 aliphatic rings. The van der Waals surface area contributed by atoms with Gasteiger partial charge in [0.15, 0.2) is 0 Å². The summed E-state index contributed by atoms with van der Waals surface area (Å²) in [4.78, 5) is 7.73. The molecule has 1 fully saturated rings. The third kappa shape index (κ3) is 2.29. The normalized spacial score (nSPS) is 21.8. The van der Waals surface area contributed by atoms with Gasteiger partial charge in [0, 0.05) is 12.6 Å². The van der Waals surface area contributed by atoms with E-state index in [1.165, 1.54) is 6.33 Å². The highest BCUT2D eigenvalue weighted by Gasteiger charge is 2.16. The van der Waals surface area contributed by atoms with Crippen LogP contribution < -0.4 is 10.1 Å². The van der Waals surface area contributed by atoms with Gasteiger partial charge in [-0.1, -0.05) is 11.6 Å². The van der Waals surface area contributed by atoms with Crippen molar-refractivity contribution < 1.29 is 4.74 Å². The van der Waals surface area contributed by atoms with Gasteiger partial charge in [-0.15, -0.1) is 0 Å². The molecule has 1 aromatic rings. The van der Waals surface area contributed by atoms with Gasteiger partial charge >= 0.3 is 0 Å². The summed E-state index contributed by atoms with van der Waals surface area (Å²) < 4.78 is 5.56. The SMILES string of the molecule is Clc1cc(O[C@@H]2CCNC2)ncn1. The summed E-state index contributed by atoms with van der Waals surface area (Å²) in [5.41, 5.74) is 0. The van der Waals surface area contributed by atoms with E-state index in [1.54, 1.807) is 6.07 Å². The lowest BCUT2D eigenvalue weighted by atomic mass is 10.3. The van der Waals surface area contributed by atoms with Crippen LogP contribution in [0.4, 0.5) is 0 Å². The zero-order chi connectivity index (χ0) is 9.10. The smallest absolute Gasteiger partial charge is 0.218 e. The predicted octanol–water partition coefficient (Wildman–Crippen LogP) is 0.871. The van der Waals surface area contributed by atoms with Crippen molar-refractivity contribution in [3.05, 3.63) is 17.5 Å². The molecule has 1 N–H and O–H groups in total. The van der Waals surface area contributed by atoms with Crippen LogP contribution in [-0.4, -0.2) is 29.2 Å². The van der Waals surface area contributed by atoms with E-state index in [4.69, 9.17) is 16.3 Å². The molecule has 13 heavy (non-hydrogen) atoms. The van der Waals surface area contributed by atoms with E-state index in [0.29, 0.717) is 11.0 Å². The maximum absolute atomic E-state index is 5.68. The van der Waals surface area contributed by atoms with Crippen LogP contribution >= 0.6 is 11.6 Å². The number of ether oxygens (including phenoxy) is 1. The molecule has 70 valence electrons. The first-order chi connectivity index (χ1) is 6.34. The van der Waals surface area contributed by atoms with Gasteiger partial charge in [0.2, 0.25) is 5.88 Å². The highest BCUT2D eigenvalue weighted by Crippen LogP contribution is 2.14. The number of aromatic nitrogens is 2. The van der Waals surface area contributed by atoms with Crippen molar-refractivity contribution in [3.8, 4) is 5.88 Å². The number of nitrogens with one attached hydrogen (secondary N) is 1. The summed E-state index contributed by atoms with van der Waals surface area (Å²) in [7, 11) is 0. The summed E-state index contributed by atoms with van der Waals surface area (Å²) >= 11 is 5.68. The fraction of sp³-hybridized carbons (Fsp3) is 0.500. The Bertz CT molecular complexity index is 288. The van der Waals surface area contributed by atoms with Crippen LogP contribution in [0, 0.1) is 0 Å². The number of nitrogens with zero attached hydrogens (tertiary/aromatic N) is 2. The van der Waals surface area contributed by atoms with Crippen molar-refractivity contribution in [2.75, 3.05) is 13.1 Å². The highest BCUT2D eigenvalue weighted by molar-refractivity contribution is 6.29. The molecule has 1 saturated heterocycles. The maximum Gasteiger partial charge on any atom is 0.218 e. The molecule has 0 saturated carbocycles. The van der Waals surface area contributed by atoms with E-state index >= 15 is 0 Å². The summed E-state index contributed by atoms with van der Waals surface area (Å²) in [6.45, 7) is 1.88. The number of hydrogen-bond acceptors (Lipinski definition) is 4. The van der Waals surface area contributed by atoms with Gasteiger partial charge in [-0.25, -0.2) is 9.97 Å². The standard InChI is InChI=1S/C8H10ClN3O/c9-7-3-8(12-5-11-7)13-6-1-2-10-4-6/h3,5-6,10H,1-2,4H2/t6-/m1/s1. The molecule has 2 rings (SSSR count). The summed E-state index contributed by atoms with van der Waals surface area (Å²) in [6, 6.07) is 1.62. The first-order valence-electron chi connectivity index (χ1n) is 4.19. The van der Waals surface area contributed by atoms with Crippen molar-refractivity contribution in [1.82, 2.24) is 15.3 Å². The number of halogens is 1. The molecule has 1 atom stereocenters. The molecule has 4 nitrogen and oxygen atoms in total. The lowest BCUT2D eigenvalue weighted by Crippen LogP contribution is -2.20. The Kier molecular flexibility index (Phi) is 2.61. The van der Waals surface area contributed by atoms with Crippen molar-refractivity contribution in [1.29, 1.82) is 0 Å². The van der Waals surface area contributed by atoms with E-state index in [0.717, 1.165) is 19.5 Å². The molecule has 2 heterocycles. The minimum absolute atomic E-state index is 0.214. The van der Waals surface area contributed by atoms with Crippen LogP contribution in [0.1, 0.15) is 6.42 Å². The average Bonchev–Trinajstić information content (AvgIpc) is 2.57. The Balaban J connectivity index is 2.00. The van der Waals surface area contributed by atoms with Gasteiger partial charge in [-0.05, 0) is 13.0 Å². The molecule has 0 bridgehead atoms. The Hall–Kier alpha value is -0.870. The largest absolute Gasteiger partial charge is 0.473 e.